The number of pyridine rings is 1. The molecule has 2 aromatic rings. The second kappa shape index (κ2) is 5.05. The van der Waals surface area contributed by atoms with Crippen LogP contribution in [0.15, 0.2) is 34.7 Å². The van der Waals surface area contributed by atoms with E-state index in [4.69, 9.17) is 5.11 Å². The van der Waals surface area contributed by atoms with Gasteiger partial charge in [0.05, 0.1) is 22.9 Å². The Bertz CT molecular complexity index is 650. The van der Waals surface area contributed by atoms with Gasteiger partial charge in [-0.25, -0.2) is 8.42 Å². The number of thiophene rings is 1. The number of hydrogen-bond donors (Lipinski definition) is 2. The van der Waals surface area contributed by atoms with E-state index in [1.54, 1.807) is 25.3 Å². The van der Waals surface area contributed by atoms with Gasteiger partial charge in [-0.05, 0) is 25.1 Å². The van der Waals surface area contributed by atoms with E-state index in [-0.39, 0.29) is 11.5 Å². The number of sulfonamides is 1. The van der Waals surface area contributed by atoms with Crippen molar-refractivity contribution in [3.63, 3.8) is 0 Å². The molecule has 2 heterocycles. The molecule has 0 aromatic carbocycles. The third kappa shape index (κ3) is 2.69. The Labute approximate surface area is 109 Å². The van der Waals surface area contributed by atoms with Crippen molar-refractivity contribution in [1.29, 1.82) is 0 Å². The maximum absolute atomic E-state index is 12.1. The molecule has 0 saturated carbocycles. The molecule has 0 atom stereocenters. The van der Waals surface area contributed by atoms with Crippen LogP contribution in [0.1, 0.15) is 10.6 Å². The average molecular weight is 284 g/mol. The van der Waals surface area contributed by atoms with Crippen LogP contribution in [0.2, 0.25) is 0 Å². The highest BCUT2D eigenvalue weighted by Crippen LogP contribution is 2.22. The van der Waals surface area contributed by atoms with Crippen molar-refractivity contribution >= 4 is 27.0 Å². The Balaban J connectivity index is 2.30. The summed E-state index contributed by atoms with van der Waals surface area (Å²) < 4.78 is 26.6. The summed E-state index contributed by atoms with van der Waals surface area (Å²) in [6.45, 7) is 1.57. The molecule has 0 amide bonds. The van der Waals surface area contributed by atoms with Gasteiger partial charge < -0.3 is 5.11 Å². The van der Waals surface area contributed by atoms with E-state index in [1.165, 1.54) is 22.8 Å². The summed E-state index contributed by atoms with van der Waals surface area (Å²) in [5.74, 6) is 0. The lowest BCUT2D eigenvalue weighted by Gasteiger charge is -2.08. The highest BCUT2D eigenvalue weighted by atomic mass is 32.2. The summed E-state index contributed by atoms with van der Waals surface area (Å²) in [4.78, 5) is 4.78. The third-order valence-corrected chi connectivity index (χ3v) is 4.76. The summed E-state index contributed by atoms with van der Waals surface area (Å²) in [5, 5.41) is 10.4. The zero-order valence-corrected chi connectivity index (χ0v) is 11.3. The van der Waals surface area contributed by atoms with E-state index in [0.29, 0.717) is 16.3 Å². The van der Waals surface area contributed by atoms with Crippen LogP contribution in [0, 0.1) is 6.92 Å². The van der Waals surface area contributed by atoms with Gasteiger partial charge >= 0.3 is 0 Å². The number of rotatable bonds is 4. The molecule has 96 valence electrons. The van der Waals surface area contributed by atoms with Gasteiger partial charge in [0.25, 0.3) is 10.0 Å². The number of anilines is 1. The Hall–Kier alpha value is -1.44. The van der Waals surface area contributed by atoms with Crippen LogP contribution in [0.5, 0.6) is 0 Å². The van der Waals surface area contributed by atoms with Crippen LogP contribution in [0.25, 0.3) is 0 Å². The molecule has 2 rings (SSSR count). The first kappa shape index (κ1) is 13.0. The Morgan fingerprint density at radius 3 is 2.89 bits per heavy atom. The summed E-state index contributed by atoms with van der Waals surface area (Å²) >= 11 is 1.21. The van der Waals surface area contributed by atoms with E-state index in [1.807, 2.05) is 0 Å². The van der Waals surface area contributed by atoms with Gasteiger partial charge in [-0.1, -0.05) is 0 Å². The van der Waals surface area contributed by atoms with Crippen LogP contribution < -0.4 is 4.72 Å². The number of aryl methyl sites for hydroxylation is 1. The molecule has 5 nitrogen and oxygen atoms in total. The molecule has 0 unspecified atom stereocenters. The highest BCUT2D eigenvalue weighted by Gasteiger charge is 2.17. The standard InChI is InChI=1S/C11H12N2O3S2/c1-8-11(3-2-4-12-8)13-18(15,16)10-5-9(6-14)17-7-10/h2-5,7,13-14H,6H2,1H3. The molecule has 0 saturated heterocycles. The van der Waals surface area contributed by atoms with Crippen LogP contribution in [-0.4, -0.2) is 18.5 Å². The van der Waals surface area contributed by atoms with Gasteiger partial charge in [0.2, 0.25) is 0 Å². The largest absolute Gasteiger partial charge is 0.391 e. The minimum atomic E-state index is -3.62. The smallest absolute Gasteiger partial charge is 0.262 e. The number of hydrogen-bond acceptors (Lipinski definition) is 5. The lowest BCUT2D eigenvalue weighted by Crippen LogP contribution is -2.13. The molecule has 0 bridgehead atoms. The number of aromatic nitrogens is 1. The fourth-order valence-electron chi connectivity index (χ4n) is 1.38. The minimum absolute atomic E-state index is 0.153. The lowest BCUT2D eigenvalue weighted by atomic mass is 10.3. The molecule has 18 heavy (non-hydrogen) atoms. The molecule has 0 aliphatic carbocycles. The van der Waals surface area contributed by atoms with Crippen LogP contribution in [0.3, 0.4) is 0 Å². The summed E-state index contributed by atoms with van der Waals surface area (Å²) in [6, 6.07) is 4.77. The monoisotopic (exact) mass is 284 g/mol. The zero-order chi connectivity index (χ0) is 13.2. The second-order valence-electron chi connectivity index (χ2n) is 3.65. The SMILES string of the molecule is Cc1ncccc1NS(=O)(=O)c1csc(CO)c1. The van der Waals surface area contributed by atoms with E-state index in [2.05, 4.69) is 9.71 Å². The summed E-state index contributed by atoms with van der Waals surface area (Å²) in [6.07, 6.45) is 1.60. The predicted molar refractivity (Wildman–Crippen MR) is 70.0 cm³/mol. The molecule has 7 heteroatoms. The number of aliphatic hydroxyl groups excluding tert-OH is 1. The van der Waals surface area contributed by atoms with E-state index >= 15 is 0 Å². The van der Waals surface area contributed by atoms with Gasteiger partial charge in [0.1, 0.15) is 0 Å². The first-order chi connectivity index (χ1) is 8.53. The second-order valence-corrected chi connectivity index (χ2v) is 6.33. The number of aliphatic hydroxyl groups is 1. The highest BCUT2D eigenvalue weighted by molar-refractivity contribution is 7.92. The molecule has 0 radical (unpaired) electrons. The van der Waals surface area contributed by atoms with Crippen LogP contribution in [-0.2, 0) is 16.6 Å². The number of nitrogens with zero attached hydrogens (tertiary/aromatic N) is 1. The van der Waals surface area contributed by atoms with Crippen molar-refractivity contribution in [1.82, 2.24) is 4.98 Å². The van der Waals surface area contributed by atoms with Crippen LogP contribution in [0.4, 0.5) is 5.69 Å². The first-order valence-electron chi connectivity index (χ1n) is 5.15. The molecule has 0 fully saturated rings. The van der Waals surface area contributed by atoms with Crippen molar-refractivity contribution in [2.24, 2.45) is 0 Å². The molecule has 0 spiro atoms. The Kier molecular flexibility index (Phi) is 3.65. The van der Waals surface area contributed by atoms with E-state index < -0.39 is 10.0 Å². The van der Waals surface area contributed by atoms with Gasteiger partial charge in [0, 0.05) is 16.5 Å². The van der Waals surface area contributed by atoms with Crippen molar-refractivity contribution in [3.05, 3.63) is 40.3 Å². The maximum Gasteiger partial charge on any atom is 0.262 e. The molecule has 2 N–H and O–H groups in total. The lowest BCUT2D eigenvalue weighted by molar-refractivity contribution is 0.285. The quantitative estimate of drug-likeness (QED) is 0.896. The fraction of sp³-hybridized carbons (Fsp3) is 0.182. The Morgan fingerprint density at radius 2 is 2.28 bits per heavy atom. The molecular formula is C11H12N2O3S2. The Morgan fingerprint density at radius 1 is 1.50 bits per heavy atom. The predicted octanol–water partition coefficient (Wildman–Crippen LogP) is 1.74. The van der Waals surface area contributed by atoms with Crippen LogP contribution >= 0.6 is 11.3 Å². The number of nitrogens with one attached hydrogen (secondary N) is 1. The maximum atomic E-state index is 12.1. The normalized spacial score (nSPS) is 11.4. The van der Waals surface area contributed by atoms with Crippen molar-refractivity contribution in [2.75, 3.05) is 4.72 Å². The van der Waals surface area contributed by atoms with E-state index in [9.17, 15) is 8.42 Å². The molecular weight excluding hydrogens is 272 g/mol. The molecule has 0 aliphatic rings. The van der Waals surface area contributed by atoms with Crippen molar-refractivity contribution in [3.8, 4) is 0 Å². The topological polar surface area (TPSA) is 79.3 Å². The van der Waals surface area contributed by atoms with Crippen molar-refractivity contribution < 1.29 is 13.5 Å². The third-order valence-electron chi connectivity index (χ3n) is 2.35. The van der Waals surface area contributed by atoms with Crippen molar-refractivity contribution in [2.45, 2.75) is 18.4 Å². The first-order valence-corrected chi connectivity index (χ1v) is 7.52. The zero-order valence-electron chi connectivity index (χ0n) is 9.62. The average Bonchev–Trinajstić information content (AvgIpc) is 2.81. The van der Waals surface area contributed by atoms with Gasteiger partial charge in [-0.15, -0.1) is 11.3 Å². The molecule has 2 aromatic heterocycles. The summed E-state index contributed by atoms with van der Waals surface area (Å²) in [7, 11) is -3.62. The van der Waals surface area contributed by atoms with Gasteiger partial charge in [0.15, 0.2) is 0 Å². The van der Waals surface area contributed by atoms with E-state index in [0.717, 1.165) is 0 Å². The minimum Gasteiger partial charge on any atom is -0.391 e. The fourth-order valence-corrected chi connectivity index (χ4v) is 3.63. The van der Waals surface area contributed by atoms with Gasteiger partial charge in [-0.2, -0.15) is 0 Å². The van der Waals surface area contributed by atoms with Gasteiger partial charge in [-0.3, -0.25) is 9.71 Å². The summed E-state index contributed by atoms with van der Waals surface area (Å²) in [5.41, 5.74) is 1.06. The molecule has 0 aliphatic heterocycles.